The zero-order chi connectivity index (χ0) is 18.7. The summed E-state index contributed by atoms with van der Waals surface area (Å²) >= 11 is 8.30. The van der Waals surface area contributed by atoms with Crippen molar-refractivity contribution in [2.45, 2.75) is 0 Å². The van der Waals surface area contributed by atoms with Gasteiger partial charge in [0.25, 0.3) is 5.91 Å². The number of thiocarbonyl (C=S) groups is 1. The number of ether oxygens (including phenoxy) is 1. The number of carbonyl (C=O) groups excluding carboxylic acids is 1. The van der Waals surface area contributed by atoms with Crippen molar-refractivity contribution in [3.05, 3.63) is 70.5 Å². The van der Waals surface area contributed by atoms with E-state index < -0.39 is 11.7 Å². The molecule has 2 N–H and O–H groups in total. The van der Waals surface area contributed by atoms with E-state index in [4.69, 9.17) is 17.0 Å². The van der Waals surface area contributed by atoms with Crippen LogP contribution < -0.4 is 15.4 Å². The lowest BCUT2D eigenvalue weighted by molar-refractivity contribution is 0.0975. The molecule has 132 valence electrons. The summed E-state index contributed by atoms with van der Waals surface area (Å²) in [6.07, 6.45) is 0. The van der Waals surface area contributed by atoms with Gasteiger partial charge in [-0.15, -0.1) is 0 Å². The van der Waals surface area contributed by atoms with Gasteiger partial charge in [-0.3, -0.25) is 10.1 Å². The number of hydrogen-bond donors (Lipinski definition) is 2. The van der Waals surface area contributed by atoms with Gasteiger partial charge in [0.05, 0.1) is 18.4 Å². The Labute approximate surface area is 163 Å². The number of carbonyl (C=O) groups is 1. The molecule has 3 aromatic carbocycles. The fourth-order valence-electron chi connectivity index (χ4n) is 2.48. The van der Waals surface area contributed by atoms with Gasteiger partial charge in [0.1, 0.15) is 11.6 Å². The zero-order valence-corrected chi connectivity index (χ0v) is 16.1. The topological polar surface area (TPSA) is 50.4 Å². The van der Waals surface area contributed by atoms with Crippen LogP contribution in [0.4, 0.5) is 10.1 Å². The summed E-state index contributed by atoms with van der Waals surface area (Å²) in [7, 11) is 1.49. The summed E-state index contributed by atoms with van der Waals surface area (Å²) in [5.41, 5.74) is 0.510. The van der Waals surface area contributed by atoms with E-state index in [-0.39, 0.29) is 10.8 Å². The number of methoxy groups -OCH3 is 1. The van der Waals surface area contributed by atoms with Gasteiger partial charge in [0.2, 0.25) is 0 Å². The molecule has 0 aliphatic carbocycles. The molecule has 0 spiro atoms. The van der Waals surface area contributed by atoms with Crippen LogP contribution in [0.5, 0.6) is 5.75 Å². The lowest BCUT2D eigenvalue weighted by Crippen LogP contribution is -2.34. The van der Waals surface area contributed by atoms with Gasteiger partial charge < -0.3 is 10.1 Å². The lowest BCUT2D eigenvalue weighted by atomic mass is 10.1. The third kappa shape index (κ3) is 4.00. The van der Waals surface area contributed by atoms with Gasteiger partial charge in [-0.25, -0.2) is 4.39 Å². The minimum Gasteiger partial charge on any atom is -0.496 e. The Balaban J connectivity index is 1.80. The van der Waals surface area contributed by atoms with Crippen LogP contribution in [0.1, 0.15) is 10.4 Å². The Hall–Kier alpha value is -2.51. The van der Waals surface area contributed by atoms with Crippen LogP contribution in [0, 0.1) is 5.82 Å². The van der Waals surface area contributed by atoms with Crippen LogP contribution in [-0.4, -0.2) is 18.1 Å². The fourth-order valence-corrected chi connectivity index (χ4v) is 3.02. The lowest BCUT2D eigenvalue weighted by Gasteiger charge is -2.13. The van der Waals surface area contributed by atoms with Crippen molar-refractivity contribution < 1.29 is 13.9 Å². The van der Waals surface area contributed by atoms with Crippen molar-refractivity contribution in [2.24, 2.45) is 0 Å². The number of amides is 1. The van der Waals surface area contributed by atoms with E-state index in [2.05, 4.69) is 26.6 Å². The minimum atomic E-state index is -0.487. The molecule has 0 aliphatic heterocycles. The summed E-state index contributed by atoms with van der Waals surface area (Å²) in [6, 6.07) is 15.6. The Morgan fingerprint density at radius 3 is 2.46 bits per heavy atom. The maximum absolute atomic E-state index is 13.9. The molecular weight excluding hydrogens is 419 g/mol. The van der Waals surface area contributed by atoms with Crippen molar-refractivity contribution in [3.63, 3.8) is 0 Å². The van der Waals surface area contributed by atoms with E-state index in [1.807, 2.05) is 24.3 Å². The highest BCUT2D eigenvalue weighted by molar-refractivity contribution is 9.10. The second-order valence-corrected chi connectivity index (χ2v) is 6.76. The maximum Gasteiger partial charge on any atom is 0.261 e. The van der Waals surface area contributed by atoms with Crippen molar-refractivity contribution in [2.75, 3.05) is 12.4 Å². The Morgan fingerprint density at radius 1 is 1.12 bits per heavy atom. The SMILES string of the molecule is COc1cc2ccccc2cc1C(=O)NC(=S)Nc1ccc(Br)cc1F. The van der Waals surface area contributed by atoms with E-state index in [9.17, 15) is 9.18 Å². The first-order chi connectivity index (χ1) is 12.5. The van der Waals surface area contributed by atoms with E-state index in [1.54, 1.807) is 18.2 Å². The first kappa shape index (κ1) is 18.3. The molecule has 0 saturated carbocycles. The fraction of sp³-hybridized carbons (Fsp3) is 0.0526. The molecule has 0 atom stereocenters. The maximum atomic E-state index is 13.9. The summed E-state index contributed by atoms with van der Waals surface area (Å²) in [4.78, 5) is 12.6. The second kappa shape index (κ2) is 7.80. The first-order valence-electron chi connectivity index (χ1n) is 7.62. The van der Waals surface area contributed by atoms with Crippen LogP contribution in [0.25, 0.3) is 10.8 Å². The monoisotopic (exact) mass is 432 g/mol. The summed E-state index contributed by atoms with van der Waals surface area (Å²) < 4.78 is 19.8. The molecule has 0 heterocycles. The van der Waals surface area contributed by atoms with Crippen molar-refractivity contribution >= 4 is 55.6 Å². The molecule has 7 heteroatoms. The quantitative estimate of drug-likeness (QED) is 0.579. The minimum absolute atomic E-state index is 0.00793. The molecule has 1 amide bonds. The predicted molar refractivity (Wildman–Crippen MR) is 108 cm³/mol. The third-order valence-corrected chi connectivity index (χ3v) is 4.42. The molecule has 0 radical (unpaired) electrons. The summed E-state index contributed by atoms with van der Waals surface area (Å²) in [5, 5.41) is 7.07. The number of benzene rings is 3. The molecule has 0 bridgehead atoms. The van der Waals surface area contributed by atoms with Crippen LogP contribution in [0.15, 0.2) is 59.1 Å². The number of hydrogen-bond acceptors (Lipinski definition) is 3. The van der Waals surface area contributed by atoms with E-state index in [0.717, 1.165) is 10.8 Å². The molecule has 3 aromatic rings. The van der Waals surface area contributed by atoms with Crippen molar-refractivity contribution in [3.8, 4) is 5.75 Å². The second-order valence-electron chi connectivity index (χ2n) is 5.43. The molecule has 0 fully saturated rings. The van der Waals surface area contributed by atoms with Gasteiger partial charge in [-0.05, 0) is 53.3 Å². The normalized spacial score (nSPS) is 10.4. The number of rotatable bonds is 3. The first-order valence-corrected chi connectivity index (χ1v) is 8.82. The largest absolute Gasteiger partial charge is 0.496 e. The Bertz CT molecular complexity index is 1010. The van der Waals surface area contributed by atoms with Crippen LogP contribution >= 0.6 is 28.1 Å². The highest BCUT2D eigenvalue weighted by atomic mass is 79.9. The van der Waals surface area contributed by atoms with Crippen LogP contribution in [0.2, 0.25) is 0 Å². The standard InChI is InChI=1S/C19H14BrFN2O2S/c1-25-17-9-12-5-3-2-4-11(12)8-14(17)18(24)23-19(26)22-16-7-6-13(20)10-15(16)21/h2-10H,1H3,(H2,22,23,24,26). The van der Waals surface area contributed by atoms with Gasteiger partial charge in [-0.2, -0.15) is 0 Å². The Kier molecular flexibility index (Phi) is 5.49. The third-order valence-electron chi connectivity index (χ3n) is 3.72. The summed E-state index contributed by atoms with van der Waals surface area (Å²) in [5.74, 6) is -0.499. The van der Waals surface area contributed by atoms with Crippen molar-refractivity contribution in [1.82, 2.24) is 5.32 Å². The molecule has 0 unspecified atom stereocenters. The average Bonchev–Trinajstić information content (AvgIpc) is 2.62. The van der Waals surface area contributed by atoms with E-state index >= 15 is 0 Å². The van der Waals surface area contributed by atoms with Gasteiger partial charge in [0.15, 0.2) is 5.11 Å². The number of nitrogens with one attached hydrogen (secondary N) is 2. The van der Waals surface area contributed by atoms with Crippen LogP contribution in [0.3, 0.4) is 0 Å². The molecule has 4 nitrogen and oxygen atoms in total. The molecular formula is C19H14BrFN2O2S. The Morgan fingerprint density at radius 2 is 1.81 bits per heavy atom. The van der Waals surface area contributed by atoms with E-state index in [1.165, 1.54) is 19.2 Å². The van der Waals surface area contributed by atoms with Gasteiger partial charge in [-0.1, -0.05) is 40.2 Å². The highest BCUT2D eigenvalue weighted by Gasteiger charge is 2.15. The molecule has 0 aromatic heterocycles. The average molecular weight is 433 g/mol. The van der Waals surface area contributed by atoms with Crippen LogP contribution in [-0.2, 0) is 0 Å². The number of anilines is 1. The van der Waals surface area contributed by atoms with Gasteiger partial charge in [0, 0.05) is 4.47 Å². The van der Waals surface area contributed by atoms with Gasteiger partial charge >= 0.3 is 0 Å². The number of halogens is 2. The molecule has 0 aliphatic rings. The van der Waals surface area contributed by atoms with E-state index in [0.29, 0.717) is 15.8 Å². The van der Waals surface area contributed by atoms with Crippen molar-refractivity contribution in [1.29, 1.82) is 0 Å². The highest BCUT2D eigenvalue weighted by Crippen LogP contribution is 2.26. The number of fused-ring (bicyclic) bond motifs is 1. The molecule has 3 rings (SSSR count). The summed E-state index contributed by atoms with van der Waals surface area (Å²) in [6.45, 7) is 0. The molecule has 26 heavy (non-hydrogen) atoms. The molecule has 0 saturated heterocycles. The predicted octanol–water partition coefficient (Wildman–Crippen LogP) is 4.88. The smallest absolute Gasteiger partial charge is 0.261 e. The zero-order valence-electron chi connectivity index (χ0n) is 13.7.